The van der Waals surface area contributed by atoms with Gasteiger partial charge in [0.1, 0.15) is 0 Å². The summed E-state index contributed by atoms with van der Waals surface area (Å²) < 4.78 is 0. The molecular formula is C15H28. The number of rotatable bonds is 7. The monoisotopic (exact) mass is 208 g/mol. The van der Waals surface area contributed by atoms with Crippen LogP contribution in [0.25, 0.3) is 0 Å². The summed E-state index contributed by atoms with van der Waals surface area (Å²) in [7, 11) is 0. The average molecular weight is 208 g/mol. The molecular weight excluding hydrogens is 180 g/mol. The Balaban J connectivity index is 4.32. The fourth-order valence-corrected chi connectivity index (χ4v) is 1.82. The van der Waals surface area contributed by atoms with Crippen LogP contribution in [0.1, 0.15) is 53.9 Å². The van der Waals surface area contributed by atoms with Crippen molar-refractivity contribution in [1.82, 2.24) is 0 Å². The van der Waals surface area contributed by atoms with E-state index in [2.05, 4.69) is 58.9 Å². The van der Waals surface area contributed by atoms with Crippen LogP contribution >= 0.6 is 0 Å². The van der Waals surface area contributed by atoms with Gasteiger partial charge in [-0.05, 0) is 37.0 Å². The van der Waals surface area contributed by atoms with Gasteiger partial charge in [0.15, 0.2) is 0 Å². The van der Waals surface area contributed by atoms with Crippen LogP contribution in [-0.4, -0.2) is 0 Å². The van der Waals surface area contributed by atoms with Crippen molar-refractivity contribution in [3.05, 3.63) is 24.3 Å². The van der Waals surface area contributed by atoms with Gasteiger partial charge in [-0.3, -0.25) is 0 Å². The van der Waals surface area contributed by atoms with Gasteiger partial charge in [0.25, 0.3) is 0 Å². The topological polar surface area (TPSA) is 0 Å². The third-order valence-electron chi connectivity index (χ3n) is 2.71. The van der Waals surface area contributed by atoms with E-state index in [0.29, 0.717) is 11.8 Å². The highest BCUT2D eigenvalue weighted by molar-refractivity contribution is 4.98. The van der Waals surface area contributed by atoms with Crippen molar-refractivity contribution in [2.45, 2.75) is 53.9 Å². The summed E-state index contributed by atoms with van der Waals surface area (Å²) in [5.41, 5.74) is 0. The van der Waals surface area contributed by atoms with Crippen LogP contribution in [0.4, 0.5) is 0 Å². The second kappa shape index (κ2) is 8.76. The zero-order valence-corrected chi connectivity index (χ0v) is 11.2. The van der Waals surface area contributed by atoms with E-state index in [1.54, 1.807) is 0 Å². The molecule has 0 aromatic carbocycles. The average Bonchev–Trinajstić information content (AvgIpc) is 2.20. The van der Waals surface area contributed by atoms with E-state index in [-0.39, 0.29) is 0 Å². The van der Waals surface area contributed by atoms with Crippen LogP contribution in [-0.2, 0) is 0 Å². The molecule has 0 amide bonds. The number of allylic oxidation sites excluding steroid dienone is 4. The molecule has 88 valence electrons. The third-order valence-corrected chi connectivity index (χ3v) is 2.71. The maximum absolute atomic E-state index is 2.41. The van der Waals surface area contributed by atoms with Crippen molar-refractivity contribution in [2.75, 3.05) is 0 Å². The van der Waals surface area contributed by atoms with Gasteiger partial charge >= 0.3 is 0 Å². The van der Waals surface area contributed by atoms with E-state index in [4.69, 9.17) is 0 Å². The maximum atomic E-state index is 2.41. The predicted molar refractivity (Wildman–Crippen MR) is 71.0 cm³/mol. The Morgan fingerprint density at radius 1 is 0.867 bits per heavy atom. The van der Waals surface area contributed by atoms with E-state index < -0.39 is 0 Å². The minimum absolute atomic E-state index is 0.676. The second-order valence-electron chi connectivity index (χ2n) is 4.83. The summed E-state index contributed by atoms with van der Waals surface area (Å²) in [6.45, 7) is 11.4. The molecule has 1 unspecified atom stereocenters. The highest BCUT2D eigenvalue weighted by Gasteiger charge is 2.12. The Bertz CT molecular complexity index is 186. The van der Waals surface area contributed by atoms with E-state index in [1.807, 2.05) is 0 Å². The molecule has 0 nitrogen and oxygen atoms in total. The zero-order chi connectivity index (χ0) is 11.7. The van der Waals surface area contributed by atoms with Crippen LogP contribution in [0.15, 0.2) is 24.3 Å². The van der Waals surface area contributed by atoms with Gasteiger partial charge in [-0.1, -0.05) is 58.9 Å². The third kappa shape index (κ3) is 7.41. The molecule has 0 heteroatoms. The molecule has 0 bridgehead atoms. The van der Waals surface area contributed by atoms with Crippen molar-refractivity contribution in [2.24, 2.45) is 17.8 Å². The minimum atomic E-state index is 0.676. The molecule has 0 rings (SSSR count). The Morgan fingerprint density at radius 2 is 1.40 bits per heavy atom. The lowest BCUT2D eigenvalue weighted by Crippen LogP contribution is -2.10. The molecule has 0 aliphatic carbocycles. The molecule has 0 saturated carbocycles. The van der Waals surface area contributed by atoms with Crippen molar-refractivity contribution >= 4 is 0 Å². The largest absolute Gasteiger partial charge is 0.0885 e. The zero-order valence-electron chi connectivity index (χ0n) is 11.2. The first-order valence-corrected chi connectivity index (χ1v) is 6.45. The quantitative estimate of drug-likeness (QED) is 0.503. The molecule has 0 heterocycles. The van der Waals surface area contributed by atoms with Gasteiger partial charge in [-0.25, -0.2) is 0 Å². The van der Waals surface area contributed by atoms with Gasteiger partial charge < -0.3 is 0 Å². The lowest BCUT2D eigenvalue weighted by molar-refractivity contribution is 0.406. The fraction of sp³-hybridized carbons (Fsp3) is 0.733. The van der Waals surface area contributed by atoms with Gasteiger partial charge in [-0.15, -0.1) is 0 Å². The smallest absolute Gasteiger partial charge is 0.0171 e. The van der Waals surface area contributed by atoms with E-state index in [0.717, 1.165) is 18.8 Å². The summed E-state index contributed by atoms with van der Waals surface area (Å²) in [5.74, 6) is 2.18. The van der Waals surface area contributed by atoms with Crippen molar-refractivity contribution < 1.29 is 0 Å². The fourth-order valence-electron chi connectivity index (χ4n) is 1.82. The number of hydrogen-bond acceptors (Lipinski definition) is 0. The van der Waals surface area contributed by atoms with Crippen LogP contribution in [0.5, 0.6) is 0 Å². The first kappa shape index (κ1) is 14.5. The van der Waals surface area contributed by atoms with Crippen molar-refractivity contribution in [1.29, 1.82) is 0 Å². The molecule has 0 aliphatic rings. The molecule has 0 N–H and O–H groups in total. The maximum Gasteiger partial charge on any atom is -0.0171 e. The van der Waals surface area contributed by atoms with Crippen LogP contribution in [0.3, 0.4) is 0 Å². The molecule has 0 spiro atoms. The summed E-state index contributed by atoms with van der Waals surface area (Å²) in [4.78, 5) is 0. The van der Waals surface area contributed by atoms with Crippen LogP contribution < -0.4 is 0 Å². The van der Waals surface area contributed by atoms with Crippen LogP contribution in [0, 0.1) is 17.8 Å². The standard InChI is InChI=1S/C15H28/c1-6-8-10-14(5)15(11-9-7-2)12-13(3)4/h8-11,13-15H,6-7,12H2,1-5H3/b10-8+,11-9+/t14?,15-/m1/s1. The molecule has 2 atom stereocenters. The van der Waals surface area contributed by atoms with Crippen molar-refractivity contribution in [3.63, 3.8) is 0 Å². The van der Waals surface area contributed by atoms with Gasteiger partial charge in [0.2, 0.25) is 0 Å². The minimum Gasteiger partial charge on any atom is -0.0885 e. The van der Waals surface area contributed by atoms with Gasteiger partial charge in [0, 0.05) is 0 Å². The summed E-state index contributed by atoms with van der Waals surface area (Å²) in [5, 5.41) is 0. The van der Waals surface area contributed by atoms with Crippen molar-refractivity contribution in [3.8, 4) is 0 Å². The molecule has 15 heavy (non-hydrogen) atoms. The molecule has 0 aromatic rings. The highest BCUT2D eigenvalue weighted by Crippen LogP contribution is 2.23. The Kier molecular flexibility index (Phi) is 8.46. The van der Waals surface area contributed by atoms with E-state index >= 15 is 0 Å². The molecule has 0 radical (unpaired) electrons. The summed E-state index contributed by atoms with van der Waals surface area (Å²) in [6, 6.07) is 0. The summed E-state index contributed by atoms with van der Waals surface area (Å²) >= 11 is 0. The molecule has 0 aliphatic heterocycles. The lowest BCUT2D eigenvalue weighted by atomic mass is 9.85. The first-order valence-electron chi connectivity index (χ1n) is 6.45. The van der Waals surface area contributed by atoms with Gasteiger partial charge in [-0.2, -0.15) is 0 Å². The first-order chi connectivity index (χ1) is 7.11. The Hall–Kier alpha value is -0.520. The Morgan fingerprint density at radius 3 is 1.87 bits per heavy atom. The summed E-state index contributed by atoms with van der Waals surface area (Å²) in [6.07, 6.45) is 13.0. The lowest BCUT2D eigenvalue weighted by Gasteiger charge is -2.20. The van der Waals surface area contributed by atoms with E-state index in [1.165, 1.54) is 6.42 Å². The van der Waals surface area contributed by atoms with Gasteiger partial charge in [0.05, 0.1) is 0 Å². The SMILES string of the molecule is CC/C=C/C(C)[C@H](/C=C/CC)CC(C)C. The van der Waals surface area contributed by atoms with Crippen LogP contribution in [0.2, 0.25) is 0 Å². The normalized spacial score (nSPS) is 16.7. The molecule has 0 aromatic heterocycles. The molecule has 0 fully saturated rings. The predicted octanol–water partition coefficient (Wildman–Crippen LogP) is 5.22. The second-order valence-corrected chi connectivity index (χ2v) is 4.83. The van der Waals surface area contributed by atoms with E-state index in [9.17, 15) is 0 Å². The number of hydrogen-bond donors (Lipinski definition) is 0. The highest BCUT2D eigenvalue weighted by atomic mass is 14.2. The Labute approximate surface area is 96.5 Å². The molecule has 0 saturated heterocycles.